The van der Waals surface area contributed by atoms with Crippen LogP contribution in [-0.4, -0.2) is 64.3 Å². The molecule has 1 aliphatic heterocycles. The molecule has 1 saturated heterocycles. The molecule has 0 bridgehead atoms. The summed E-state index contributed by atoms with van der Waals surface area (Å²) in [5, 5.41) is 7.37. The molecule has 1 aliphatic carbocycles. The third kappa shape index (κ3) is 8.56. The van der Waals surface area contributed by atoms with Gasteiger partial charge in [-0.2, -0.15) is 0 Å². The molecule has 0 aromatic heterocycles. The van der Waals surface area contributed by atoms with Crippen LogP contribution in [-0.2, 0) is 10.8 Å². The highest BCUT2D eigenvalue weighted by atomic mass is 127. The van der Waals surface area contributed by atoms with Gasteiger partial charge in [-0.3, -0.25) is 14.1 Å². The fraction of sp³-hybridized carbons (Fsp3) is 0.950. The van der Waals surface area contributed by atoms with Crippen molar-refractivity contribution in [1.82, 2.24) is 15.5 Å². The summed E-state index contributed by atoms with van der Waals surface area (Å²) >= 11 is 0. The number of guanidine groups is 1. The normalized spacial score (nSPS) is 29.5. The van der Waals surface area contributed by atoms with Crippen LogP contribution in [0.4, 0.5) is 0 Å². The zero-order valence-electron chi connectivity index (χ0n) is 17.7. The van der Waals surface area contributed by atoms with E-state index in [1.54, 1.807) is 0 Å². The second kappa shape index (κ2) is 13.4. The maximum absolute atomic E-state index is 12.2. The third-order valence-electron chi connectivity index (χ3n) is 5.79. The standard InChI is InChI=1S/C20H40N4OS.HI/c1-5-21-20(22-14-17(4)24-12-8-9-16(3)15-24)23-18-10-7-11-19(13-18)26(25)6-2;/h16-19H,5-15H2,1-4H3,(H2,21,22,23);1H. The summed E-state index contributed by atoms with van der Waals surface area (Å²) in [4.78, 5) is 7.46. The molecule has 0 aromatic rings. The van der Waals surface area contributed by atoms with E-state index in [-0.39, 0.29) is 24.0 Å². The van der Waals surface area contributed by atoms with Gasteiger partial charge in [-0.05, 0) is 58.4 Å². The Kier molecular flexibility index (Phi) is 12.4. The molecule has 5 unspecified atom stereocenters. The van der Waals surface area contributed by atoms with E-state index in [0.717, 1.165) is 56.4 Å². The number of halogens is 1. The third-order valence-corrected chi connectivity index (χ3v) is 7.53. The molecule has 0 radical (unpaired) electrons. The monoisotopic (exact) mass is 512 g/mol. The van der Waals surface area contributed by atoms with E-state index in [1.165, 1.54) is 25.9 Å². The first kappa shape index (κ1) is 25.1. The van der Waals surface area contributed by atoms with Gasteiger partial charge >= 0.3 is 0 Å². The van der Waals surface area contributed by atoms with E-state index >= 15 is 0 Å². The molecule has 160 valence electrons. The Hall–Kier alpha value is 0.110. The smallest absolute Gasteiger partial charge is 0.191 e. The van der Waals surface area contributed by atoms with Crippen molar-refractivity contribution in [3.05, 3.63) is 0 Å². The molecule has 2 rings (SSSR count). The number of likely N-dealkylation sites (tertiary alicyclic amines) is 1. The Morgan fingerprint density at radius 1 is 1.26 bits per heavy atom. The SMILES string of the molecule is CCNC(=NCC(C)N1CCCC(C)C1)NC1CCCC(S(=O)CC)C1.I. The minimum atomic E-state index is -0.678. The van der Waals surface area contributed by atoms with Gasteiger partial charge in [0.2, 0.25) is 0 Å². The molecule has 5 nitrogen and oxygen atoms in total. The molecule has 7 heteroatoms. The quantitative estimate of drug-likeness (QED) is 0.312. The number of nitrogens with zero attached hydrogens (tertiary/aromatic N) is 2. The largest absolute Gasteiger partial charge is 0.357 e. The fourth-order valence-corrected chi connectivity index (χ4v) is 5.58. The number of nitrogens with one attached hydrogen (secondary N) is 2. The topological polar surface area (TPSA) is 56.7 Å². The maximum atomic E-state index is 12.2. The second-order valence-corrected chi connectivity index (χ2v) is 10.1. The lowest BCUT2D eigenvalue weighted by Gasteiger charge is -2.35. The number of aliphatic imine (C=N–C) groups is 1. The van der Waals surface area contributed by atoms with Gasteiger partial charge in [0.25, 0.3) is 0 Å². The summed E-state index contributed by atoms with van der Waals surface area (Å²) in [5.74, 6) is 2.51. The molecule has 2 fully saturated rings. The van der Waals surface area contributed by atoms with Gasteiger partial charge in [-0.25, -0.2) is 0 Å². The molecule has 0 spiro atoms. The van der Waals surface area contributed by atoms with Crippen molar-refractivity contribution in [2.24, 2.45) is 10.9 Å². The van der Waals surface area contributed by atoms with Gasteiger partial charge in [0.1, 0.15) is 0 Å². The number of piperidine rings is 1. The highest BCUT2D eigenvalue weighted by molar-refractivity contribution is 14.0. The highest BCUT2D eigenvalue weighted by Crippen LogP contribution is 2.23. The molecular weight excluding hydrogens is 471 g/mol. The predicted octanol–water partition coefficient (Wildman–Crippen LogP) is 3.36. The van der Waals surface area contributed by atoms with E-state index in [1.807, 2.05) is 6.92 Å². The van der Waals surface area contributed by atoms with Crippen molar-refractivity contribution in [2.45, 2.75) is 83.6 Å². The lowest BCUT2D eigenvalue weighted by Crippen LogP contribution is -2.47. The lowest BCUT2D eigenvalue weighted by molar-refractivity contribution is 0.142. The van der Waals surface area contributed by atoms with Crippen LogP contribution < -0.4 is 10.6 Å². The fourth-order valence-electron chi connectivity index (χ4n) is 4.23. The Morgan fingerprint density at radius 2 is 2.04 bits per heavy atom. The van der Waals surface area contributed by atoms with Gasteiger partial charge in [0.15, 0.2) is 5.96 Å². The summed E-state index contributed by atoms with van der Waals surface area (Å²) in [6, 6.07) is 0.882. The van der Waals surface area contributed by atoms with Gasteiger partial charge < -0.3 is 10.6 Å². The van der Waals surface area contributed by atoms with Crippen molar-refractivity contribution in [3.8, 4) is 0 Å². The molecular formula is C20H41IN4OS. The Balaban J connectivity index is 0.00000364. The van der Waals surface area contributed by atoms with Crippen LogP contribution in [0, 0.1) is 5.92 Å². The summed E-state index contributed by atoms with van der Waals surface area (Å²) in [5.41, 5.74) is 0. The number of hydrogen-bond donors (Lipinski definition) is 2. The number of rotatable bonds is 7. The van der Waals surface area contributed by atoms with Crippen molar-refractivity contribution in [2.75, 3.05) is 31.9 Å². The minimum absolute atomic E-state index is 0. The van der Waals surface area contributed by atoms with Crippen LogP contribution in [0.5, 0.6) is 0 Å². The molecule has 27 heavy (non-hydrogen) atoms. The van der Waals surface area contributed by atoms with Crippen molar-refractivity contribution >= 4 is 40.7 Å². The average molecular weight is 513 g/mol. The van der Waals surface area contributed by atoms with Crippen molar-refractivity contribution < 1.29 is 4.21 Å². The Bertz CT molecular complexity index is 477. The van der Waals surface area contributed by atoms with Gasteiger partial charge in [0, 0.05) is 47.0 Å². The zero-order chi connectivity index (χ0) is 18.9. The molecule has 5 atom stereocenters. The van der Waals surface area contributed by atoms with E-state index in [2.05, 4.69) is 36.3 Å². The van der Waals surface area contributed by atoms with Crippen LogP contribution in [0.3, 0.4) is 0 Å². The zero-order valence-corrected chi connectivity index (χ0v) is 20.9. The molecule has 0 aromatic carbocycles. The molecule has 1 heterocycles. The van der Waals surface area contributed by atoms with Crippen LogP contribution in [0.25, 0.3) is 0 Å². The van der Waals surface area contributed by atoms with Gasteiger partial charge in [-0.15, -0.1) is 24.0 Å². The van der Waals surface area contributed by atoms with E-state index in [9.17, 15) is 4.21 Å². The van der Waals surface area contributed by atoms with Crippen LogP contribution in [0.1, 0.15) is 66.2 Å². The molecule has 2 N–H and O–H groups in total. The first-order chi connectivity index (χ1) is 12.5. The minimum Gasteiger partial charge on any atom is -0.357 e. The Labute approximate surface area is 186 Å². The summed E-state index contributed by atoms with van der Waals surface area (Å²) in [6.07, 6.45) is 7.10. The van der Waals surface area contributed by atoms with Crippen molar-refractivity contribution in [1.29, 1.82) is 0 Å². The van der Waals surface area contributed by atoms with E-state index in [0.29, 0.717) is 17.3 Å². The van der Waals surface area contributed by atoms with Crippen LogP contribution in [0.15, 0.2) is 4.99 Å². The average Bonchev–Trinajstić information content (AvgIpc) is 2.65. The van der Waals surface area contributed by atoms with E-state index in [4.69, 9.17) is 4.99 Å². The van der Waals surface area contributed by atoms with Crippen LogP contribution >= 0.6 is 24.0 Å². The molecule has 0 amide bonds. The van der Waals surface area contributed by atoms with Gasteiger partial charge in [0.05, 0.1) is 6.54 Å². The highest BCUT2D eigenvalue weighted by Gasteiger charge is 2.26. The first-order valence-electron chi connectivity index (χ1n) is 10.7. The van der Waals surface area contributed by atoms with E-state index < -0.39 is 10.8 Å². The summed E-state index contributed by atoms with van der Waals surface area (Å²) in [7, 11) is -0.678. The lowest BCUT2D eigenvalue weighted by atomic mass is 9.95. The van der Waals surface area contributed by atoms with Gasteiger partial charge in [-0.1, -0.05) is 20.3 Å². The second-order valence-electron chi connectivity index (χ2n) is 8.11. The summed E-state index contributed by atoms with van der Waals surface area (Å²) in [6.45, 7) is 12.9. The maximum Gasteiger partial charge on any atom is 0.191 e. The predicted molar refractivity (Wildman–Crippen MR) is 129 cm³/mol. The first-order valence-corrected chi connectivity index (χ1v) is 12.1. The summed E-state index contributed by atoms with van der Waals surface area (Å²) < 4.78 is 12.2. The Morgan fingerprint density at radius 3 is 2.70 bits per heavy atom. The van der Waals surface area contributed by atoms with Crippen molar-refractivity contribution in [3.63, 3.8) is 0 Å². The molecule has 2 aliphatic rings. The van der Waals surface area contributed by atoms with Crippen LogP contribution in [0.2, 0.25) is 0 Å². The number of hydrogen-bond acceptors (Lipinski definition) is 3. The molecule has 1 saturated carbocycles.